The highest BCUT2D eigenvalue weighted by atomic mass is 32.2. The summed E-state index contributed by atoms with van der Waals surface area (Å²) in [4.78, 5) is 9.96. The second kappa shape index (κ2) is 5.04. The third-order valence-corrected chi connectivity index (χ3v) is 3.28. The van der Waals surface area contributed by atoms with Crippen LogP contribution in [0.2, 0.25) is 0 Å². The maximum Gasteiger partial charge on any atom is 0.243 e. The minimum absolute atomic E-state index is 0.131. The quantitative estimate of drug-likeness (QED) is 0.765. The standard InChI is InChI=1S/C9H11FN2O3S/c10-7-3-1-2-4-8(7)16(14,15)12-6-5-9(11)13/h1-4,12H,5-6H2,(H2,11,13). The Labute approximate surface area is 92.5 Å². The number of hydrogen-bond donors (Lipinski definition) is 2. The van der Waals surface area contributed by atoms with Gasteiger partial charge in [-0.25, -0.2) is 17.5 Å². The molecule has 0 unspecified atom stereocenters. The van der Waals surface area contributed by atoms with Crippen molar-refractivity contribution in [1.82, 2.24) is 4.72 Å². The van der Waals surface area contributed by atoms with Crippen LogP contribution in [-0.2, 0) is 14.8 Å². The van der Waals surface area contributed by atoms with Crippen LogP contribution in [-0.4, -0.2) is 20.9 Å². The number of amides is 1. The van der Waals surface area contributed by atoms with Crippen molar-refractivity contribution in [3.05, 3.63) is 30.1 Å². The lowest BCUT2D eigenvalue weighted by molar-refractivity contribution is -0.117. The number of nitrogens with two attached hydrogens (primary N) is 1. The number of nitrogens with one attached hydrogen (secondary N) is 1. The predicted molar refractivity (Wildman–Crippen MR) is 55.4 cm³/mol. The zero-order valence-electron chi connectivity index (χ0n) is 8.31. The van der Waals surface area contributed by atoms with Gasteiger partial charge in [0, 0.05) is 13.0 Å². The van der Waals surface area contributed by atoms with Crippen LogP contribution in [0, 0.1) is 5.82 Å². The summed E-state index contributed by atoms with van der Waals surface area (Å²) in [5, 5.41) is 0. The fourth-order valence-electron chi connectivity index (χ4n) is 1.05. The van der Waals surface area contributed by atoms with Gasteiger partial charge in [-0.1, -0.05) is 12.1 Å². The molecule has 0 heterocycles. The molecule has 0 bridgehead atoms. The summed E-state index contributed by atoms with van der Waals surface area (Å²) in [5.74, 6) is -1.47. The van der Waals surface area contributed by atoms with Crippen molar-refractivity contribution >= 4 is 15.9 Å². The van der Waals surface area contributed by atoms with Crippen molar-refractivity contribution in [1.29, 1.82) is 0 Å². The molecule has 5 nitrogen and oxygen atoms in total. The number of primary amides is 1. The van der Waals surface area contributed by atoms with Gasteiger partial charge in [-0.05, 0) is 12.1 Å². The SMILES string of the molecule is NC(=O)CCNS(=O)(=O)c1ccccc1F. The van der Waals surface area contributed by atoms with E-state index in [0.29, 0.717) is 0 Å². The summed E-state index contributed by atoms with van der Waals surface area (Å²) in [7, 11) is -3.92. The van der Waals surface area contributed by atoms with Gasteiger partial charge >= 0.3 is 0 Å². The van der Waals surface area contributed by atoms with Crippen molar-refractivity contribution < 1.29 is 17.6 Å². The van der Waals surface area contributed by atoms with E-state index in [1.165, 1.54) is 12.1 Å². The van der Waals surface area contributed by atoms with Crippen molar-refractivity contribution in [3.63, 3.8) is 0 Å². The topological polar surface area (TPSA) is 89.3 Å². The molecule has 0 radical (unpaired) electrons. The minimum atomic E-state index is -3.92. The first-order valence-corrected chi connectivity index (χ1v) is 5.94. The molecule has 1 aromatic carbocycles. The summed E-state index contributed by atoms with van der Waals surface area (Å²) < 4.78 is 38.3. The fraction of sp³-hybridized carbons (Fsp3) is 0.222. The molecule has 0 aliphatic heterocycles. The number of rotatable bonds is 5. The molecule has 3 N–H and O–H groups in total. The largest absolute Gasteiger partial charge is 0.370 e. The van der Waals surface area contributed by atoms with Gasteiger partial charge < -0.3 is 5.73 Å². The maximum atomic E-state index is 13.2. The molecule has 0 aliphatic carbocycles. The molecule has 0 aromatic heterocycles. The lowest BCUT2D eigenvalue weighted by Gasteiger charge is -2.06. The number of carbonyl (C=O) groups is 1. The van der Waals surface area contributed by atoms with Crippen LogP contribution < -0.4 is 10.5 Å². The van der Waals surface area contributed by atoms with Crippen molar-refractivity contribution in [2.75, 3.05) is 6.54 Å². The molecule has 0 saturated carbocycles. The number of carbonyl (C=O) groups excluding carboxylic acids is 1. The number of sulfonamides is 1. The van der Waals surface area contributed by atoms with Gasteiger partial charge in [-0.2, -0.15) is 0 Å². The zero-order chi connectivity index (χ0) is 12.2. The first-order chi connectivity index (χ1) is 7.43. The highest BCUT2D eigenvalue weighted by Crippen LogP contribution is 2.12. The van der Waals surface area contributed by atoms with Crippen LogP contribution in [0.15, 0.2) is 29.2 Å². The Morgan fingerprint density at radius 1 is 1.38 bits per heavy atom. The Bertz CT molecular complexity index is 487. The minimum Gasteiger partial charge on any atom is -0.370 e. The van der Waals surface area contributed by atoms with E-state index in [1.807, 2.05) is 0 Å². The normalized spacial score (nSPS) is 11.3. The molecule has 1 amide bonds. The van der Waals surface area contributed by atoms with Crippen LogP contribution in [0.3, 0.4) is 0 Å². The molecular weight excluding hydrogens is 235 g/mol. The summed E-state index contributed by atoms with van der Waals surface area (Å²) in [6.07, 6.45) is -0.131. The molecule has 0 atom stereocenters. The Balaban J connectivity index is 2.79. The van der Waals surface area contributed by atoms with E-state index in [1.54, 1.807) is 0 Å². The molecule has 16 heavy (non-hydrogen) atoms. The van der Waals surface area contributed by atoms with E-state index >= 15 is 0 Å². The zero-order valence-corrected chi connectivity index (χ0v) is 9.13. The average molecular weight is 246 g/mol. The van der Waals surface area contributed by atoms with Gasteiger partial charge in [-0.3, -0.25) is 4.79 Å². The van der Waals surface area contributed by atoms with Gasteiger partial charge in [0.1, 0.15) is 10.7 Å². The Morgan fingerprint density at radius 2 is 2.00 bits per heavy atom. The molecule has 1 aromatic rings. The van der Waals surface area contributed by atoms with Crippen LogP contribution >= 0.6 is 0 Å². The average Bonchev–Trinajstić information content (AvgIpc) is 2.17. The summed E-state index contributed by atoms with van der Waals surface area (Å²) >= 11 is 0. The maximum absolute atomic E-state index is 13.2. The second-order valence-electron chi connectivity index (χ2n) is 3.04. The van der Waals surface area contributed by atoms with Gasteiger partial charge in [0.2, 0.25) is 15.9 Å². The highest BCUT2D eigenvalue weighted by molar-refractivity contribution is 7.89. The molecule has 0 saturated heterocycles. The predicted octanol–water partition coefficient (Wildman–Crippen LogP) is -0.0206. The van der Waals surface area contributed by atoms with E-state index in [2.05, 4.69) is 4.72 Å². The summed E-state index contributed by atoms with van der Waals surface area (Å²) in [6.45, 7) is -0.147. The first-order valence-electron chi connectivity index (χ1n) is 4.46. The molecular formula is C9H11FN2O3S. The van der Waals surface area contributed by atoms with Gasteiger partial charge in [0.05, 0.1) is 0 Å². The first kappa shape index (κ1) is 12.6. The van der Waals surface area contributed by atoms with Crippen LogP contribution in [0.1, 0.15) is 6.42 Å². The highest BCUT2D eigenvalue weighted by Gasteiger charge is 2.17. The van der Waals surface area contributed by atoms with E-state index in [-0.39, 0.29) is 13.0 Å². The second-order valence-corrected chi connectivity index (χ2v) is 4.78. The smallest absolute Gasteiger partial charge is 0.243 e. The lowest BCUT2D eigenvalue weighted by Crippen LogP contribution is -2.28. The Hall–Kier alpha value is -1.47. The van der Waals surface area contributed by atoms with Crippen LogP contribution in [0.5, 0.6) is 0 Å². The third-order valence-electron chi connectivity index (χ3n) is 1.79. The fourth-order valence-corrected chi connectivity index (χ4v) is 2.16. The van der Waals surface area contributed by atoms with E-state index in [9.17, 15) is 17.6 Å². The van der Waals surface area contributed by atoms with E-state index in [0.717, 1.165) is 12.1 Å². The molecule has 1 rings (SSSR count). The lowest BCUT2D eigenvalue weighted by atomic mass is 10.4. The molecule has 7 heteroatoms. The van der Waals surface area contributed by atoms with Crippen molar-refractivity contribution in [2.24, 2.45) is 5.73 Å². The number of hydrogen-bond acceptors (Lipinski definition) is 3. The van der Waals surface area contributed by atoms with Crippen molar-refractivity contribution in [2.45, 2.75) is 11.3 Å². The van der Waals surface area contributed by atoms with Crippen LogP contribution in [0.25, 0.3) is 0 Å². The molecule has 0 spiro atoms. The molecule has 0 fully saturated rings. The number of halogens is 1. The van der Waals surface area contributed by atoms with Gasteiger partial charge in [0.15, 0.2) is 0 Å². The monoisotopic (exact) mass is 246 g/mol. The van der Waals surface area contributed by atoms with Gasteiger partial charge in [-0.15, -0.1) is 0 Å². The Kier molecular flexibility index (Phi) is 3.97. The summed E-state index contributed by atoms with van der Waals surface area (Å²) in [6, 6.07) is 4.98. The third kappa shape index (κ3) is 3.28. The molecule has 88 valence electrons. The Morgan fingerprint density at radius 3 is 2.56 bits per heavy atom. The van der Waals surface area contributed by atoms with Crippen LogP contribution in [0.4, 0.5) is 4.39 Å². The van der Waals surface area contributed by atoms with Gasteiger partial charge in [0.25, 0.3) is 0 Å². The molecule has 0 aliphatic rings. The number of benzene rings is 1. The van der Waals surface area contributed by atoms with Crippen molar-refractivity contribution in [3.8, 4) is 0 Å². The van der Waals surface area contributed by atoms with E-state index < -0.39 is 26.6 Å². The summed E-state index contributed by atoms with van der Waals surface area (Å²) in [5.41, 5.74) is 4.84. The van der Waals surface area contributed by atoms with E-state index in [4.69, 9.17) is 5.73 Å².